The highest BCUT2D eigenvalue weighted by atomic mass is 16.5. The van der Waals surface area contributed by atoms with Gasteiger partial charge in [-0.25, -0.2) is 0 Å². The second-order valence-corrected chi connectivity index (χ2v) is 5.26. The maximum atomic E-state index is 5.40. The van der Waals surface area contributed by atoms with Gasteiger partial charge in [0, 0.05) is 26.2 Å². The lowest BCUT2D eigenvalue weighted by atomic mass is 10.0. The highest BCUT2D eigenvalue weighted by Crippen LogP contribution is 2.20. The van der Waals surface area contributed by atoms with E-state index in [-0.39, 0.29) is 0 Å². The van der Waals surface area contributed by atoms with Gasteiger partial charge < -0.3 is 10.1 Å². The zero-order valence-corrected chi connectivity index (χ0v) is 12.2. The number of aryl methyl sites for hydroxylation is 1. The van der Waals surface area contributed by atoms with E-state index in [2.05, 4.69) is 41.4 Å². The van der Waals surface area contributed by atoms with Gasteiger partial charge in [0.05, 0.1) is 6.61 Å². The molecule has 1 unspecified atom stereocenters. The summed E-state index contributed by atoms with van der Waals surface area (Å²) in [6.45, 7) is 7.19. The van der Waals surface area contributed by atoms with Gasteiger partial charge in [0.1, 0.15) is 0 Å². The summed E-state index contributed by atoms with van der Waals surface area (Å²) in [5.74, 6) is 0. The number of ether oxygens (including phenoxy) is 1. The third-order valence-corrected chi connectivity index (χ3v) is 3.89. The van der Waals surface area contributed by atoms with Crippen molar-refractivity contribution in [3.05, 3.63) is 35.4 Å². The van der Waals surface area contributed by atoms with E-state index in [1.54, 1.807) is 7.11 Å². The summed E-state index contributed by atoms with van der Waals surface area (Å²) in [5, 5.41) is 3.45. The van der Waals surface area contributed by atoms with Gasteiger partial charge in [0.25, 0.3) is 0 Å². The smallest absolute Gasteiger partial charge is 0.0630 e. The Morgan fingerprint density at radius 2 is 2.11 bits per heavy atom. The van der Waals surface area contributed by atoms with Crippen LogP contribution in [0.5, 0.6) is 0 Å². The standard InChI is InChI=1S/C16H26N2O/c1-3-17-11-16(13-19-2)18-10-6-9-14-7-4-5-8-15(14)12-18/h4-5,7-8,16-17H,3,6,9-13H2,1-2H3. The molecule has 0 bridgehead atoms. The second kappa shape index (κ2) is 7.63. The van der Waals surface area contributed by atoms with Crippen LogP contribution in [0.3, 0.4) is 0 Å². The van der Waals surface area contributed by atoms with Crippen LogP contribution in [0.4, 0.5) is 0 Å². The van der Waals surface area contributed by atoms with Gasteiger partial charge in [-0.15, -0.1) is 0 Å². The van der Waals surface area contributed by atoms with Crippen LogP contribution in [0.1, 0.15) is 24.5 Å². The second-order valence-electron chi connectivity index (χ2n) is 5.26. The lowest BCUT2D eigenvalue weighted by Gasteiger charge is -2.30. The third-order valence-electron chi connectivity index (χ3n) is 3.89. The van der Waals surface area contributed by atoms with E-state index in [0.717, 1.165) is 32.8 Å². The van der Waals surface area contributed by atoms with E-state index < -0.39 is 0 Å². The van der Waals surface area contributed by atoms with E-state index in [1.807, 2.05) is 0 Å². The van der Waals surface area contributed by atoms with Crippen LogP contribution in [0, 0.1) is 0 Å². The fourth-order valence-corrected chi connectivity index (χ4v) is 2.83. The first-order chi connectivity index (χ1) is 9.35. The number of hydrogen-bond donors (Lipinski definition) is 1. The molecule has 1 heterocycles. The Morgan fingerprint density at radius 3 is 2.84 bits per heavy atom. The minimum absolute atomic E-state index is 0.469. The van der Waals surface area contributed by atoms with Crippen molar-refractivity contribution in [2.24, 2.45) is 0 Å². The Bertz CT molecular complexity index is 381. The SMILES string of the molecule is CCNCC(COC)N1CCCc2ccccc2C1. The monoisotopic (exact) mass is 262 g/mol. The molecule has 0 aromatic heterocycles. The molecule has 106 valence electrons. The van der Waals surface area contributed by atoms with Gasteiger partial charge in [0.2, 0.25) is 0 Å². The lowest BCUT2D eigenvalue weighted by Crippen LogP contribution is -2.44. The van der Waals surface area contributed by atoms with Crippen molar-refractivity contribution in [3.8, 4) is 0 Å². The van der Waals surface area contributed by atoms with Crippen molar-refractivity contribution < 1.29 is 4.74 Å². The molecule has 0 amide bonds. The van der Waals surface area contributed by atoms with Gasteiger partial charge in [-0.1, -0.05) is 31.2 Å². The van der Waals surface area contributed by atoms with Crippen molar-refractivity contribution in [1.29, 1.82) is 0 Å². The molecule has 0 fully saturated rings. The largest absolute Gasteiger partial charge is 0.383 e. The minimum Gasteiger partial charge on any atom is -0.383 e. The number of nitrogens with one attached hydrogen (secondary N) is 1. The van der Waals surface area contributed by atoms with Gasteiger partial charge in [-0.05, 0) is 37.1 Å². The van der Waals surface area contributed by atoms with Crippen LogP contribution < -0.4 is 5.32 Å². The number of nitrogens with zero attached hydrogens (tertiary/aromatic N) is 1. The Labute approximate surface area is 116 Å². The number of likely N-dealkylation sites (N-methyl/N-ethyl adjacent to an activating group) is 1. The molecule has 1 aromatic carbocycles. The van der Waals surface area contributed by atoms with Crippen molar-refractivity contribution in [3.63, 3.8) is 0 Å². The molecule has 0 aliphatic carbocycles. The average Bonchev–Trinajstić information content (AvgIpc) is 2.65. The molecular formula is C16H26N2O. The number of fused-ring (bicyclic) bond motifs is 1. The van der Waals surface area contributed by atoms with E-state index in [1.165, 1.54) is 24.0 Å². The van der Waals surface area contributed by atoms with Gasteiger partial charge in [-0.2, -0.15) is 0 Å². The normalized spacial score (nSPS) is 17.8. The number of benzene rings is 1. The number of rotatable bonds is 6. The Balaban J connectivity index is 2.06. The van der Waals surface area contributed by atoms with Crippen LogP contribution in [-0.4, -0.2) is 44.3 Å². The maximum absolute atomic E-state index is 5.40. The molecule has 0 spiro atoms. The third kappa shape index (κ3) is 4.03. The summed E-state index contributed by atoms with van der Waals surface area (Å²) < 4.78 is 5.40. The van der Waals surface area contributed by atoms with E-state index in [0.29, 0.717) is 6.04 Å². The zero-order chi connectivity index (χ0) is 13.5. The molecule has 1 N–H and O–H groups in total. The maximum Gasteiger partial charge on any atom is 0.0630 e. The molecule has 2 rings (SSSR count). The van der Waals surface area contributed by atoms with Crippen molar-refractivity contribution in [2.75, 3.05) is 33.4 Å². The molecule has 1 aliphatic rings. The predicted octanol–water partition coefficient (Wildman–Crippen LogP) is 2.06. The topological polar surface area (TPSA) is 24.5 Å². The molecule has 0 saturated heterocycles. The van der Waals surface area contributed by atoms with Crippen molar-refractivity contribution in [1.82, 2.24) is 10.2 Å². The Morgan fingerprint density at radius 1 is 1.32 bits per heavy atom. The highest BCUT2D eigenvalue weighted by molar-refractivity contribution is 5.28. The first kappa shape index (κ1) is 14.5. The molecule has 3 heteroatoms. The fraction of sp³-hybridized carbons (Fsp3) is 0.625. The van der Waals surface area contributed by atoms with Gasteiger partial charge >= 0.3 is 0 Å². The summed E-state index contributed by atoms with van der Waals surface area (Å²) in [6, 6.07) is 9.31. The van der Waals surface area contributed by atoms with Crippen LogP contribution >= 0.6 is 0 Å². The molecule has 1 aromatic rings. The Hall–Kier alpha value is -0.900. The predicted molar refractivity (Wildman–Crippen MR) is 79.4 cm³/mol. The molecule has 0 radical (unpaired) electrons. The summed E-state index contributed by atoms with van der Waals surface area (Å²) >= 11 is 0. The van der Waals surface area contributed by atoms with Crippen molar-refractivity contribution in [2.45, 2.75) is 32.4 Å². The average molecular weight is 262 g/mol. The minimum atomic E-state index is 0.469. The van der Waals surface area contributed by atoms with Crippen LogP contribution in [0.2, 0.25) is 0 Å². The summed E-state index contributed by atoms with van der Waals surface area (Å²) in [6.07, 6.45) is 2.44. The first-order valence-corrected chi connectivity index (χ1v) is 7.35. The van der Waals surface area contributed by atoms with Gasteiger partial charge in [0.15, 0.2) is 0 Å². The quantitative estimate of drug-likeness (QED) is 0.849. The van der Waals surface area contributed by atoms with Crippen LogP contribution in [0.25, 0.3) is 0 Å². The molecule has 1 aliphatic heterocycles. The first-order valence-electron chi connectivity index (χ1n) is 7.35. The van der Waals surface area contributed by atoms with Crippen molar-refractivity contribution >= 4 is 0 Å². The summed E-state index contributed by atoms with van der Waals surface area (Å²) in [4.78, 5) is 2.57. The van der Waals surface area contributed by atoms with Gasteiger partial charge in [-0.3, -0.25) is 4.90 Å². The molecule has 3 nitrogen and oxygen atoms in total. The molecular weight excluding hydrogens is 236 g/mol. The highest BCUT2D eigenvalue weighted by Gasteiger charge is 2.21. The molecule has 0 saturated carbocycles. The fourth-order valence-electron chi connectivity index (χ4n) is 2.83. The van der Waals surface area contributed by atoms with E-state index >= 15 is 0 Å². The summed E-state index contributed by atoms with van der Waals surface area (Å²) in [5.41, 5.74) is 3.00. The van der Waals surface area contributed by atoms with E-state index in [9.17, 15) is 0 Å². The molecule has 1 atom stereocenters. The summed E-state index contributed by atoms with van der Waals surface area (Å²) in [7, 11) is 1.80. The van der Waals surface area contributed by atoms with E-state index in [4.69, 9.17) is 4.74 Å². The van der Waals surface area contributed by atoms with Crippen LogP contribution in [-0.2, 0) is 17.7 Å². The Kier molecular flexibility index (Phi) is 5.83. The zero-order valence-electron chi connectivity index (χ0n) is 12.2. The van der Waals surface area contributed by atoms with Crippen LogP contribution in [0.15, 0.2) is 24.3 Å². The number of hydrogen-bond acceptors (Lipinski definition) is 3. The lowest BCUT2D eigenvalue weighted by molar-refractivity contribution is 0.0855. The molecule has 19 heavy (non-hydrogen) atoms. The number of methoxy groups -OCH3 is 1.